The highest BCUT2D eigenvalue weighted by molar-refractivity contribution is 5.73. The Hall–Kier alpha value is -1.56. The molecule has 0 aromatic carbocycles. The topological polar surface area (TPSA) is 102 Å². The van der Waals surface area contributed by atoms with Crippen LogP contribution >= 0.6 is 0 Å². The van der Waals surface area contributed by atoms with E-state index in [-0.39, 0.29) is 6.42 Å². The van der Waals surface area contributed by atoms with E-state index >= 15 is 0 Å². The van der Waals surface area contributed by atoms with Crippen LogP contribution in [0.5, 0.6) is 0 Å². The highest BCUT2D eigenvalue weighted by Gasteiger charge is 2.13. The van der Waals surface area contributed by atoms with Gasteiger partial charge in [-0.1, -0.05) is 0 Å². The lowest BCUT2D eigenvalue weighted by Crippen LogP contribution is -2.33. The monoisotopic (exact) mass is 182 g/mol. The molecule has 1 heterocycles. The normalized spacial score (nSPS) is 12.5. The van der Waals surface area contributed by atoms with Gasteiger partial charge in [0.15, 0.2) is 5.82 Å². The van der Waals surface area contributed by atoms with E-state index in [1.54, 1.807) is 6.92 Å². The summed E-state index contributed by atoms with van der Waals surface area (Å²) in [6.07, 6.45) is 1.60. The molecule has 0 aliphatic carbocycles. The maximum Gasteiger partial charge on any atom is 0.320 e. The van der Waals surface area contributed by atoms with E-state index in [1.807, 2.05) is 0 Å². The van der Waals surface area contributed by atoms with E-state index in [4.69, 9.17) is 10.8 Å². The molecule has 1 rings (SSSR count). The quantitative estimate of drug-likeness (QED) is 0.630. The Kier molecular flexibility index (Phi) is 2.86. The van der Waals surface area contributed by atoms with E-state index in [1.165, 1.54) is 6.20 Å². The van der Waals surface area contributed by atoms with Crippen molar-refractivity contribution in [1.29, 1.82) is 0 Å². The fourth-order valence-electron chi connectivity index (χ4n) is 0.804. The number of aromatic nitrogens is 3. The van der Waals surface area contributed by atoms with Gasteiger partial charge in [0.25, 0.3) is 0 Å². The molecule has 1 aromatic heterocycles. The first-order valence-electron chi connectivity index (χ1n) is 3.73. The second kappa shape index (κ2) is 3.90. The van der Waals surface area contributed by atoms with Crippen LogP contribution in [0.2, 0.25) is 0 Å². The van der Waals surface area contributed by atoms with Gasteiger partial charge in [-0.3, -0.25) is 4.79 Å². The summed E-state index contributed by atoms with van der Waals surface area (Å²) in [6.45, 7) is 1.75. The third-order valence-electron chi connectivity index (χ3n) is 1.44. The molecular formula is C7H10N4O2. The summed E-state index contributed by atoms with van der Waals surface area (Å²) in [7, 11) is 0. The second-order valence-electron chi connectivity index (χ2n) is 2.66. The predicted octanol–water partition coefficient (Wildman–Crippen LogP) is -0.866. The van der Waals surface area contributed by atoms with E-state index < -0.39 is 12.0 Å². The van der Waals surface area contributed by atoms with Crippen molar-refractivity contribution < 1.29 is 9.90 Å². The minimum absolute atomic E-state index is 0.101. The van der Waals surface area contributed by atoms with Crippen LogP contribution in [0, 0.1) is 6.92 Å². The Morgan fingerprint density at radius 1 is 1.77 bits per heavy atom. The zero-order chi connectivity index (χ0) is 9.84. The molecule has 0 aliphatic rings. The third kappa shape index (κ3) is 2.75. The van der Waals surface area contributed by atoms with Crippen molar-refractivity contribution in [3.05, 3.63) is 17.7 Å². The van der Waals surface area contributed by atoms with Crippen molar-refractivity contribution in [2.24, 2.45) is 5.73 Å². The molecule has 0 saturated heterocycles. The van der Waals surface area contributed by atoms with Gasteiger partial charge < -0.3 is 10.8 Å². The first-order chi connectivity index (χ1) is 6.09. The van der Waals surface area contributed by atoms with Crippen molar-refractivity contribution in [1.82, 2.24) is 15.2 Å². The van der Waals surface area contributed by atoms with Gasteiger partial charge in [0.05, 0.1) is 11.9 Å². The van der Waals surface area contributed by atoms with Crippen molar-refractivity contribution in [3.63, 3.8) is 0 Å². The Morgan fingerprint density at radius 2 is 2.46 bits per heavy atom. The van der Waals surface area contributed by atoms with Crippen LogP contribution in [-0.4, -0.2) is 32.3 Å². The summed E-state index contributed by atoms with van der Waals surface area (Å²) >= 11 is 0. The predicted molar refractivity (Wildman–Crippen MR) is 43.9 cm³/mol. The lowest BCUT2D eigenvalue weighted by Gasteiger charge is -2.03. The second-order valence-corrected chi connectivity index (χ2v) is 2.66. The molecule has 0 spiro atoms. The van der Waals surface area contributed by atoms with Gasteiger partial charge in [0.1, 0.15) is 6.04 Å². The van der Waals surface area contributed by atoms with Gasteiger partial charge in [0.2, 0.25) is 0 Å². The van der Waals surface area contributed by atoms with Crippen molar-refractivity contribution >= 4 is 5.97 Å². The molecule has 1 unspecified atom stereocenters. The summed E-state index contributed by atoms with van der Waals surface area (Å²) in [5.41, 5.74) is 5.99. The van der Waals surface area contributed by atoms with Gasteiger partial charge in [-0.25, -0.2) is 4.98 Å². The van der Waals surface area contributed by atoms with Crippen LogP contribution < -0.4 is 5.73 Å². The molecule has 1 atom stereocenters. The zero-order valence-electron chi connectivity index (χ0n) is 7.14. The first-order valence-corrected chi connectivity index (χ1v) is 3.73. The van der Waals surface area contributed by atoms with Gasteiger partial charge >= 0.3 is 5.97 Å². The van der Waals surface area contributed by atoms with Gasteiger partial charge in [-0.15, -0.1) is 5.10 Å². The van der Waals surface area contributed by atoms with Crippen molar-refractivity contribution in [3.8, 4) is 0 Å². The Balaban J connectivity index is 2.69. The van der Waals surface area contributed by atoms with Crippen LogP contribution in [0.15, 0.2) is 6.20 Å². The number of carboxylic acids is 1. The van der Waals surface area contributed by atoms with Gasteiger partial charge in [0, 0.05) is 6.42 Å². The van der Waals surface area contributed by atoms with Crippen LogP contribution in [0.1, 0.15) is 11.5 Å². The number of aliphatic carboxylic acids is 1. The van der Waals surface area contributed by atoms with Gasteiger partial charge in [-0.2, -0.15) is 5.10 Å². The molecule has 0 aliphatic heterocycles. The fourth-order valence-corrected chi connectivity index (χ4v) is 0.804. The van der Waals surface area contributed by atoms with Gasteiger partial charge in [-0.05, 0) is 6.92 Å². The van der Waals surface area contributed by atoms with Crippen LogP contribution in [0.4, 0.5) is 0 Å². The highest BCUT2D eigenvalue weighted by atomic mass is 16.4. The smallest absolute Gasteiger partial charge is 0.320 e. The third-order valence-corrected chi connectivity index (χ3v) is 1.44. The molecule has 3 N–H and O–H groups in total. The molecule has 0 amide bonds. The maximum absolute atomic E-state index is 10.4. The molecule has 0 radical (unpaired) electrons. The summed E-state index contributed by atoms with van der Waals surface area (Å²) < 4.78 is 0. The molecule has 0 saturated carbocycles. The number of aryl methyl sites for hydroxylation is 1. The first kappa shape index (κ1) is 9.53. The maximum atomic E-state index is 10.4. The lowest BCUT2D eigenvalue weighted by atomic mass is 10.2. The largest absolute Gasteiger partial charge is 0.480 e. The number of nitrogens with zero attached hydrogens (tertiary/aromatic N) is 3. The molecule has 0 bridgehead atoms. The summed E-state index contributed by atoms with van der Waals surface area (Å²) in [5, 5.41) is 15.8. The molecule has 70 valence electrons. The molecule has 6 heteroatoms. The number of hydrogen-bond acceptors (Lipinski definition) is 5. The average Bonchev–Trinajstić information content (AvgIpc) is 2.04. The minimum Gasteiger partial charge on any atom is -0.480 e. The zero-order valence-corrected chi connectivity index (χ0v) is 7.14. The lowest BCUT2D eigenvalue weighted by molar-refractivity contribution is -0.138. The number of nitrogens with two attached hydrogens (primary N) is 1. The Morgan fingerprint density at radius 3 is 3.00 bits per heavy atom. The van der Waals surface area contributed by atoms with E-state index in [0.717, 1.165) is 0 Å². The molecular weight excluding hydrogens is 172 g/mol. The van der Waals surface area contributed by atoms with Crippen LogP contribution in [-0.2, 0) is 11.2 Å². The van der Waals surface area contributed by atoms with Crippen molar-refractivity contribution in [2.75, 3.05) is 0 Å². The van der Waals surface area contributed by atoms with Crippen LogP contribution in [0.3, 0.4) is 0 Å². The number of carbonyl (C=O) groups is 1. The molecule has 13 heavy (non-hydrogen) atoms. The fraction of sp³-hybridized carbons (Fsp3) is 0.429. The highest BCUT2D eigenvalue weighted by Crippen LogP contribution is 1.94. The van der Waals surface area contributed by atoms with E-state index in [0.29, 0.717) is 11.5 Å². The molecule has 1 aromatic rings. The number of hydrogen-bond donors (Lipinski definition) is 2. The molecule has 0 fully saturated rings. The SMILES string of the molecule is Cc1cnnc(CC(N)C(=O)O)n1. The standard InChI is InChI=1S/C7H10N4O2/c1-4-3-9-11-6(10-4)2-5(8)7(12)13/h3,5H,2,8H2,1H3,(H,12,13). The number of carboxylic acid groups (broad SMARTS) is 1. The van der Waals surface area contributed by atoms with Crippen LogP contribution in [0.25, 0.3) is 0 Å². The summed E-state index contributed by atoms with van der Waals surface area (Å²) in [4.78, 5) is 14.4. The minimum atomic E-state index is -1.06. The number of rotatable bonds is 3. The van der Waals surface area contributed by atoms with E-state index in [9.17, 15) is 4.79 Å². The van der Waals surface area contributed by atoms with E-state index in [2.05, 4.69) is 15.2 Å². The van der Waals surface area contributed by atoms with Crippen molar-refractivity contribution in [2.45, 2.75) is 19.4 Å². The average molecular weight is 182 g/mol. The Labute approximate surface area is 74.8 Å². The molecule has 6 nitrogen and oxygen atoms in total. The summed E-state index contributed by atoms with van der Waals surface area (Å²) in [5.74, 6) is -0.708. The summed E-state index contributed by atoms with van der Waals surface area (Å²) in [6, 6.07) is -0.969. The Bertz CT molecular complexity index is 315.